The summed E-state index contributed by atoms with van der Waals surface area (Å²) in [7, 11) is 2.93. The lowest BCUT2D eigenvalue weighted by Gasteiger charge is -2.63. The van der Waals surface area contributed by atoms with E-state index >= 15 is 4.79 Å². The number of aliphatic hydroxyl groups excluding tert-OH is 5. The molecule has 0 radical (unpaired) electrons. The average molecular weight is 1220 g/mol. The van der Waals surface area contributed by atoms with Gasteiger partial charge in [-0.15, -0.1) is 5.92 Å². The van der Waals surface area contributed by atoms with Crippen LogP contribution in [0, 0.1) is 106 Å². The Bertz CT molecular complexity index is 3050. The molecule has 1 aromatic carbocycles. The second-order valence-electron chi connectivity index (χ2n) is 28.4. The van der Waals surface area contributed by atoms with Gasteiger partial charge >= 0.3 is 5.97 Å². The fourth-order valence-corrected chi connectivity index (χ4v) is 23.2. The summed E-state index contributed by atoms with van der Waals surface area (Å²) in [6.07, 6.45) is 4.52. The molecular formula is C66H89N5O13S2. The lowest BCUT2D eigenvalue weighted by molar-refractivity contribution is -0.202. The third kappa shape index (κ3) is 10.3. The molecule has 86 heavy (non-hydrogen) atoms. The molecule has 18 nitrogen and oxygen atoms in total. The molecule has 24 atom stereocenters. The number of aromatic nitrogens is 1. The molecule has 3 heterocycles. The average Bonchev–Trinajstić information content (AvgIpc) is 1.37. The Morgan fingerprint density at radius 3 is 2.42 bits per heavy atom. The molecule has 0 spiro atoms. The first-order valence-electron chi connectivity index (χ1n) is 31.6. The molecule has 7 fully saturated rings. The van der Waals surface area contributed by atoms with Crippen LogP contribution in [0.2, 0.25) is 0 Å². The van der Waals surface area contributed by atoms with Gasteiger partial charge in [-0.1, -0.05) is 65.1 Å². The second kappa shape index (κ2) is 23.8. The van der Waals surface area contributed by atoms with E-state index in [4.69, 9.17) is 16.2 Å². The SMILES string of the molecule is C[C@@H]1CCC2=C[C@H]3CC[C@@H]4[C@H]([C@@H]5COC(=O)[C@H]5c5cc[nH]c5)C#CC[C@@H]5C[C@@]6(O)C7=C8N[C@@H](CO)C(=O)C[C@H](c9ccc(O)cc9)CSSC[C@@H]9[C@@H](O)[C@@H](O)C[C@@](C)([C@@H]9C8=O)[C@H]7CC[C@]6(CCN=C(N)N)[C@H]5[C@@](C)(O)[C@H](O)C[C@@H](C(O)O)[C@H]3[C@@H]4[C@H]2C1. The molecule has 10 aliphatic rings. The molecule has 2 aromatic rings. The number of nitrogens with two attached hydrogens (primary N) is 2. The maximum absolute atomic E-state index is 16.3. The van der Waals surface area contributed by atoms with E-state index in [0.717, 1.165) is 43.2 Å². The van der Waals surface area contributed by atoms with Crippen LogP contribution < -0.4 is 16.8 Å². The number of nitrogens with one attached hydrogen (secondary N) is 2. The number of phenols is 1. The second-order valence-corrected chi connectivity index (χ2v) is 30.9. The number of H-pyrrole nitrogens is 1. The number of aliphatic imine (C=N–C) groups is 1. The number of carbonyl (C=O) groups excluding carboxylic acids is 3. The molecule has 0 unspecified atom stereocenters. The van der Waals surface area contributed by atoms with E-state index in [9.17, 15) is 55.5 Å². The zero-order valence-corrected chi connectivity index (χ0v) is 51.2. The van der Waals surface area contributed by atoms with E-state index in [2.05, 4.69) is 40.1 Å². The number of hydrogen-bond donors (Lipinski definition) is 13. The standard InChI is InChI=1S/C66H89N5O13S2/c1-32-7-8-34-22-35-11-14-41-40(44-29-84-61(81)52(44)37-16-19-69-27-37)6-4-5-36-25-66(83)55-46(15-17-65(66,18-20-70-62(67)68)59(36)64(3,82)50(76)24-43(60(79)80)51(35)53(41)42(34)21-32)63(2)26-49(75)57(77)45-31-86-85-30-38(33-9-12-39(73)13-10-33)23-48(74)47(28-72)71-56(55)58(78)54(45)63/h9-10,12-13,16,19,22,27,32,35-36,38,40-47,49-54,57,59-60,69,71-73,75-77,79-80,82-83H,5,7-8,11,14-15,17-18,20-21,23-26,28-31H2,1-3H3,(H4,67,68,70)/t32-,35-,36-,38+,40-,41-,42+,43-,44+,45+,46+,47+,49+,50-,51+,52+,53+,54+,57-,59-,63-,64+,65+,66-/m1/s1. The Morgan fingerprint density at radius 2 is 1.70 bits per heavy atom. The molecule has 12 rings (SSSR count). The third-order valence-corrected chi connectivity index (χ3v) is 26.6. The summed E-state index contributed by atoms with van der Waals surface area (Å²) in [6, 6.07) is 7.16. The van der Waals surface area contributed by atoms with Crippen LogP contribution in [0.4, 0.5) is 0 Å². The van der Waals surface area contributed by atoms with E-state index in [1.165, 1.54) is 27.2 Å². The molecule has 2 saturated heterocycles. The molecular weight excluding hydrogens is 1130 g/mol. The molecule has 468 valence electrons. The van der Waals surface area contributed by atoms with Crippen LogP contribution in [0.1, 0.15) is 127 Å². The maximum Gasteiger partial charge on any atom is 0.313 e. The highest BCUT2D eigenvalue weighted by atomic mass is 33.1. The van der Waals surface area contributed by atoms with Crippen LogP contribution in [-0.4, -0.2) is 148 Å². The first-order chi connectivity index (χ1) is 41.0. The summed E-state index contributed by atoms with van der Waals surface area (Å²) in [5, 5.41) is 115. The molecule has 6 bridgehead atoms. The number of ketones is 2. The van der Waals surface area contributed by atoms with Crippen LogP contribution in [0.5, 0.6) is 5.75 Å². The van der Waals surface area contributed by atoms with Crippen molar-refractivity contribution in [2.45, 2.75) is 158 Å². The number of Topliss-reactive ketones (excluding diaryl/α,β-unsaturated/α-hetero) is 2. The molecule has 15 N–H and O–H groups in total. The molecule has 1 aromatic heterocycles. The van der Waals surface area contributed by atoms with Crippen molar-refractivity contribution >= 4 is 45.1 Å². The predicted molar refractivity (Wildman–Crippen MR) is 325 cm³/mol. The number of benzene rings is 1. The van der Waals surface area contributed by atoms with Gasteiger partial charge in [0, 0.05) is 90.1 Å². The number of phenolic OH excluding ortho intramolecular Hbond substituents is 1. The van der Waals surface area contributed by atoms with Gasteiger partial charge in [-0.2, -0.15) is 0 Å². The summed E-state index contributed by atoms with van der Waals surface area (Å²) >= 11 is 0. The fourth-order valence-electron chi connectivity index (χ4n) is 20.4. The quantitative estimate of drug-likeness (QED) is 0.0322. The topological polar surface area (TPSA) is 335 Å². The number of guanidine groups is 1. The van der Waals surface area contributed by atoms with Gasteiger partial charge in [0.1, 0.15) is 11.8 Å². The Hall–Kier alpha value is -4.40. The van der Waals surface area contributed by atoms with Gasteiger partial charge in [-0.3, -0.25) is 19.4 Å². The zero-order valence-electron chi connectivity index (χ0n) is 49.5. The van der Waals surface area contributed by atoms with Crippen LogP contribution in [0.3, 0.4) is 0 Å². The normalized spacial score (nSPS) is 45.0. The highest BCUT2D eigenvalue weighted by molar-refractivity contribution is 8.76. The number of fused-ring (bicyclic) bond motifs is 8. The highest BCUT2D eigenvalue weighted by Crippen LogP contribution is 2.73. The van der Waals surface area contributed by atoms with Gasteiger partial charge in [0.05, 0.1) is 54.3 Å². The van der Waals surface area contributed by atoms with Gasteiger partial charge in [-0.25, -0.2) is 0 Å². The highest BCUT2D eigenvalue weighted by Gasteiger charge is 2.75. The number of nitrogens with zero attached hydrogens (tertiary/aromatic N) is 1. The van der Waals surface area contributed by atoms with E-state index in [-0.39, 0.29) is 135 Å². The number of esters is 1. The lowest BCUT2D eigenvalue weighted by Crippen LogP contribution is -2.67. The minimum atomic E-state index is -2.11. The number of cyclic esters (lactones) is 1. The molecule has 5 saturated carbocycles. The zero-order chi connectivity index (χ0) is 60.9. The van der Waals surface area contributed by atoms with E-state index < -0.39 is 124 Å². The largest absolute Gasteiger partial charge is 0.508 e. The van der Waals surface area contributed by atoms with Crippen molar-refractivity contribution in [1.29, 1.82) is 0 Å². The number of aliphatic hydroxyl groups is 8. The van der Waals surface area contributed by atoms with Gasteiger partial charge in [0.2, 0.25) is 0 Å². The van der Waals surface area contributed by atoms with Crippen molar-refractivity contribution < 1.29 is 65.1 Å². The van der Waals surface area contributed by atoms with Crippen molar-refractivity contribution in [1.82, 2.24) is 10.3 Å². The smallest absolute Gasteiger partial charge is 0.313 e. The molecule has 2 aliphatic heterocycles. The number of allylic oxidation sites excluding steroid dienone is 3. The number of carbonyl (C=O) groups is 3. The summed E-state index contributed by atoms with van der Waals surface area (Å²) < 4.78 is 6.02. The minimum Gasteiger partial charge on any atom is -0.508 e. The number of hydrogen-bond acceptors (Lipinski definition) is 17. The number of ether oxygens (including phenoxy) is 1. The maximum atomic E-state index is 16.3. The molecule has 0 amide bonds. The monoisotopic (exact) mass is 1220 g/mol. The minimum absolute atomic E-state index is 0.00162. The summed E-state index contributed by atoms with van der Waals surface area (Å²) in [4.78, 5) is 52.9. The Kier molecular flexibility index (Phi) is 17.1. The van der Waals surface area contributed by atoms with Gasteiger partial charge in [0.15, 0.2) is 23.8 Å². The summed E-state index contributed by atoms with van der Waals surface area (Å²) in [5.74, 6) is -0.254. The summed E-state index contributed by atoms with van der Waals surface area (Å²) in [6.45, 7) is 5.16. The van der Waals surface area contributed by atoms with Crippen molar-refractivity contribution in [2.75, 3.05) is 31.3 Å². The van der Waals surface area contributed by atoms with Crippen LogP contribution >= 0.6 is 21.6 Å². The predicted octanol–water partition coefficient (Wildman–Crippen LogP) is 4.78. The van der Waals surface area contributed by atoms with Gasteiger partial charge in [-0.05, 0) is 165 Å². The Morgan fingerprint density at radius 1 is 0.930 bits per heavy atom. The first-order valence-corrected chi connectivity index (χ1v) is 34.1. The van der Waals surface area contributed by atoms with Crippen LogP contribution in [-0.2, 0) is 19.1 Å². The van der Waals surface area contributed by atoms with Crippen LogP contribution in [0.25, 0.3) is 0 Å². The fraction of sp³-hybridized carbons (Fsp3) is 0.697. The van der Waals surface area contributed by atoms with E-state index in [1.807, 2.05) is 19.2 Å². The van der Waals surface area contributed by atoms with Crippen molar-refractivity contribution in [3.05, 3.63) is 76.8 Å². The van der Waals surface area contributed by atoms with E-state index in [1.54, 1.807) is 37.4 Å². The third-order valence-electron chi connectivity index (χ3n) is 24.0. The van der Waals surface area contributed by atoms with Crippen molar-refractivity contribution in [3.63, 3.8) is 0 Å². The first kappa shape index (κ1) is 61.8. The van der Waals surface area contributed by atoms with Gasteiger partial charge < -0.3 is 72.5 Å². The number of aromatic amines is 1. The van der Waals surface area contributed by atoms with Crippen molar-refractivity contribution in [3.8, 4) is 17.6 Å². The summed E-state index contributed by atoms with van der Waals surface area (Å²) in [5.41, 5.74) is 8.58. The number of rotatable bonds is 8. The Balaban J connectivity index is 1.05. The number of aromatic hydroxyl groups is 1. The van der Waals surface area contributed by atoms with Crippen LogP contribution in [0.15, 0.2) is 70.6 Å². The molecule has 20 heteroatoms. The van der Waals surface area contributed by atoms with E-state index in [0.29, 0.717) is 11.7 Å². The lowest BCUT2D eigenvalue weighted by atomic mass is 9.43. The van der Waals surface area contributed by atoms with Crippen molar-refractivity contribution in [2.24, 2.45) is 110 Å². The molecule has 8 aliphatic carbocycles. The van der Waals surface area contributed by atoms with Gasteiger partial charge in [0.25, 0.3) is 0 Å². The Labute approximate surface area is 511 Å².